The molecule has 2 nitrogen and oxygen atoms in total. The Morgan fingerprint density at radius 3 is 2.94 bits per heavy atom. The largest absolute Gasteiger partial charge is 0.469 e. The van der Waals surface area contributed by atoms with Crippen molar-refractivity contribution < 1.29 is 9.53 Å². The van der Waals surface area contributed by atoms with Gasteiger partial charge in [0.05, 0.1) is 13.5 Å². The second-order valence-electron chi connectivity index (χ2n) is 4.51. The van der Waals surface area contributed by atoms with Gasteiger partial charge in [-0.15, -0.1) is 11.8 Å². The molecule has 3 heteroatoms. The lowest BCUT2D eigenvalue weighted by atomic mass is 9.87. The van der Waals surface area contributed by atoms with Crippen molar-refractivity contribution in [3.63, 3.8) is 0 Å². The topological polar surface area (TPSA) is 26.3 Å². The number of hydrogen-bond acceptors (Lipinski definition) is 3. The zero-order valence-corrected chi connectivity index (χ0v) is 11.0. The van der Waals surface area contributed by atoms with Gasteiger partial charge >= 0.3 is 5.97 Å². The first kappa shape index (κ1) is 12.5. The van der Waals surface area contributed by atoms with Crippen molar-refractivity contribution in [3.05, 3.63) is 29.8 Å². The highest BCUT2D eigenvalue weighted by Crippen LogP contribution is 2.32. The summed E-state index contributed by atoms with van der Waals surface area (Å²) in [6.07, 6.45) is 4.53. The van der Waals surface area contributed by atoms with Gasteiger partial charge in [0.25, 0.3) is 0 Å². The monoisotopic (exact) mass is 250 g/mol. The number of thioether (sulfide) groups is 1. The molecule has 0 N–H and O–H groups in total. The lowest BCUT2D eigenvalue weighted by molar-refractivity contribution is -0.139. The molecule has 1 aromatic rings. The average Bonchev–Trinajstić information content (AvgIpc) is 2.27. The number of carbonyl (C=O) groups excluding carboxylic acids is 1. The van der Waals surface area contributed by atoms with Crippen LogP contribution in [-0.2, 0) is 16.0 Å². The Hall–Kier alpha value is -0.960. The standard InChI is InChI=1S/C14H18O2S/c1-16-14(15)9-12-6-3-7-13(8-12)17-10-11-4-2-5-11/h3,6-8,11H,2,4-5,9-10H2,1H3. The van der Waals surface area contributed by atoms with Crippen molar-refractivity contribution in [3.8, 4) is 0 Å². The molecule has 0 bridgehead atoms. The molecule has 1 fully saturated rings. The maximum atomic E-state index is 11.2. The number of hydrogen-bond donors (Lipinski definition) is 0. The average molecular weight is 250 g/mol. The zero-order chi connectivity index (χ0) is 12.1. The normalized spacial score (nSPS) is 15.4. The second kappa shape index (κ2) is 6.10. The van der Waals surface area contributed by atoms with E-state index in [2.05, 4.69) is 16.9 Å². The number of carbonyl (C=O) groups is 1. The molecule has 0 spiro atoms. The van der Waals surface area contributed by atoms with Gasteiger partial charge in [-0.05, 0) is 36.5 Å². The van der Waals surface area contributed by atoms with E-state index in [1.54, 1.807) is 0 Å². The van der Waals surface area contributed by atoms with E-state index in [4.69, 9.17) is 0 Å². The smallest absolute Gasteiger partial charge is 0.309 e. The van der Waals surface area contributed by atoms with Crippen LogP contribution in [0.5, 0.6) is 0 Å². The molecule has 1 aliphatic carbocycles. The Morgan fingerprint density at radius 2 is 2.29 bits per heavy atom. The summed E-state index contributed by atoms with van der Waals surface area (Å²) in [6.45, 7) is 0. The van der Waals surface area contributed by atoms with Crippen LogP contribution in [0.25, 0.3) is 0 Å². The van der Waals surface area contributed by atoms with Gasteiger partial charge in [0.1, 0.15) is 0 Å². The maximum absolute atomic E-state index is 11.2. The highest BCUT2D eigenvalue weighted by Gasteiger charge is 2.17. The molecule has 0 unspecified atom stereocenters. The summed E-state index contributed by atoms with van der Waals surface area (Å²) in [5.74, 6) is 1.94. The number of benzene rings is 1. The van der Waals surface area contributed by atoms with E-state index in [9.17, 15) is 4.79 Å². The minimum absolute atomic E-state index is 0.175. The van der Waals surface area contributed by atoms with Crippen LogP contribution in [0.1, 0.15) is 24.8 Å². The Bertz CT molecular complexity index is 386. The van der Waals surface area contributed by atoms with E-state index >= 15 is 0 Å². The summed E-state index contributed by atoms with van der Waals surface area (Å²) in [7, 11) is 1.43. The van der Waals surface area contributed by atoms with E-state index in [1.807, 2.05) is 23.9 Å². The molecule has 1 aromatic carbocycles. The van der Waals surface area contributed by atoms with Crippen molar-refractivity contribution in [1.29, 1.82) is 0 Å². The van der Waals surface area contributed by atoms with Gasteiger partial charge in [0, 0.05) is 10.6 Å². The van der Waals surface area contributed by atoms with Crippen LogP contribution in [0.4, 0.5) is 0 Å². The van der Waals surface area contributed by atoms with Crippen molar-refractivity contribution in [2.24, 2.45) is 5.92 Å². The number of methoxy groups -OCH3 is 1. The maximum Gasteiger partial charge on any atom is 0.309 e. The summed E-state index contributed by atoms with van der Waals surface area (Å²) in [5, 5.41) is 0. The number of esters is 1. The summed E-state index contributed by atoms with van der Waals surface area (Å²) >= 11 is 1.90. The van der Waals surface area contributed by atoms with Crippen molar-refractivity contribution >= 4 is 17.7 Å². The van der Waals surface area contributed by atoms with Gasteiger partial charge in [0.2, 0.25) is 0 Å². The van der Waals surface area contributed by atoms with E-state index < -0.39 is 0 Å². The molecule has 0 radical (unpaired) electrons. The zero-order valence-electron chi connectivity index (χ0n) is 10.1. The minimum Gasteiger partial charge on any atom is -0.469 e. The van der Waals surface area contributed by atoms with Crippen molar-refractivity contribution in [1.82, 2.24) is 0 Å². The van der Waals surface area contributed by atoms with Gasteiger partial charge in [-0.1, -0.05) is 18.6 Å². The van der Waals surface area contributed by atoms with Crippen LogP contribution < -0.4 is 0 Å². The highest BCUT2D eigenvalue weighted by molar-refractivity contribution is 7.99. The minimum atomic E-state index is -0.175. The first-order valence-corrected chi connectivity index (χ1v) is 7.05. The van der Waals surface area contributed by atoms with Crippen LogP contribution in [-0.4, -0.2) is 18.8 Å². The molecule has 0 aliphatic heterocycles. The van der Waals surface area contributed by atoms with Crippen LogP contribution in [0.2, 0.25) is 0 Å². The lowest BCUT2D eigenvalue weighted by Gasteiger charge is -2.24. The predicted octanol–water partition coefficient (Wildman–Crippen LogP) is 3.29. The first-order chi connectivity index (χ1) is 8.28. The molecule has 92 valence electrons. The molecule has 0 saturated heterocycles. The molecule has 1 aliphatic rings. The van der Waals surface area contributed by atoms with Crippen molar-refractivity contribution in [2.75, 3.05) is 12.9 Å². The van der Waals surface area contributed by atoms with Crippen molar-refractivity contribution in [2.45, 2.75) is 30.6 Å². The Balaban J connectivity index is 1.88. The number of ether oxygens (including phenoxy) is 1. The molecule has 0 heterocycles. The van der Waals surface area contributed by atoms with Gasteiger partial charge in [-0.25, -0.2) is 0 Å². The van der Waals surface area contributed by atoms with E-state index in [0.717, 1.165) is 11.5 Å². The molecule has 0 amide bonds. The van der Waals surface area contributed by atoms with Gasteiger partial charge in [-0.3, -0.25) is 4.79 Å². The predicted molar refractivity (Wildman–Crippen MR) is 70.2 cm³/mol. The van der Waals surface area contributed by atoms with Gasteiger partial charge in [-0.2, -0.15) is 0 Å². The third-order valence-electron chi connectivity index (χ3n) is 3.19. The number of rotatable bonds is 5. The Morgan fingerprint density at radius 1 is 1.47 bits per heavy atom. The third-order valence-corrected chi connectivity index (χ3v) is 4.41. The Labute approximate surface area is 107 Å². The molecule has 17 heavy (non-hydrogen) atoms. The summed E-state index contributed by atoms with van der Waals surface area (Å²) < 4.78 is 4.67. The van der Waals surface area contributed by atoms with Crippen LogP contribution >= 0.6 is 11.8 Å². The summed E-state index contributed by atoms with van der Waals surface area (Å²) in [6, 6.07) is 8.20. The Kier molecular flexibility index (Phi) is 4.49. The fourth-order valence-corrected chi connectivity index (χ4v) is 3.03. The fraction of sp³-hybridized carbons (Fsp3) is 0.500. The van der Waals surface area contributed by atoms with Crippen LogP contribution in [0.3, 0.4) is 0 Å². The SMILES string of the molecule is COC(=O)Cc1cccc(SCC2CCC2)c1. The summed E-state index contributed by atoms with van der Waals surface area (Å²) in [4.78, 5) is 12.4. The second-order valence-corrected chi connectivity index (χ2v) is 5.60. The van der Waals surface area contributed by atoms with E-state index in [1.165, 1.54) is 37.0 Å². The van der Waals surface area contributed by atoms with Gasteiger partial charge in [0.15, 0.2) is 0 Å². The van der Waals surface area contributed by atoms with E-state index in [0.29, 0.717) is 6.42 Å². The molecular weight excluding hydrogens is 232 g/mol. The summed E-state index contributed by atoms with van der Waals surface area (Å²) in [5.41, 5.74) is 1.04. The molecule has 0 aromatic heterocycles. The third kappa shape index (κ3) is 3.77. The first-order valence-electron chi connectivity index (χ1n) is 6.06. The lowest BCUT2D eigenvalue weighted by Crippen LogP contribution is -2.13. The van der Waals surface area contributed by atoms with Gasteiger partial charge < -0.3 is 4.74 Å². The quantitative estimate of drug-likeness (QED) is 0.592. The van der Waals surface area contributed by atoms with Crippen LogP contribution in [0, 0.1) is 5.92 Å². The molecular formula is C14H18O2S. The fourth-order valence-electron chi connectivity index (χ4n) is 1.86. The molecule has 0 atom stereocenters. The van der Waals surface area contributed by atoms with Crippen LogP contribution in [0.15, 0.2) is 29.2 Å². The highest BCUT2D eigenvalue weighted by atomic mass is 32.2. The molecule has 2 rings (SSSR count). The van der Waals surface area contributed by atoms with E-state index in [-0.39, 0.29) is 5.97 Å². The molecule has 1 saturated carbocycles.